The van der Waals surface area contributed by atoms with Crippen molar-refractivity contribution < 1.29 is 14.3 Å². The maximum absolute atomic E-state index is 12.2. The lowest BCUT2D eigenvalue weighted by Gasteiger charge is -2.17. The van der Waals surface area contributed by atoms with Gasteiger partial charge in [-0.25, -0.2) is 4.79 Å². The Kier molecular flexibility index (Phi) is 5.88. The van der Waals surface area contributed by atoms with Crippen LogP contribution in [0.3, 0.4) is 0 Å². The summed E-state index contributed by atoms with van der Waals surface area (Å²) in [6.07, 6.45) is 3.41. The van der Waals surface area contributed by atoms with Gasteiger partial charge in [0, 0.05) is 22.4 Å². The minimum absolute atomic E-state index is 0.352. The average Bonchev–Trinajstić information content (AvgIpc) is 2.56. The number of hydrogen-bond acceptors (Lipinski definition) is 4. The number of carbonyl (C=O) groups excluding carboxylic acids is 2. The number of carbonyl (C=O) groups is 2. The molecule has 0 saturated heterocycles. The zero-order chi connectivity index (χ0) is 15.9. The van der Waals surface area contributed by atoms with Crippen LogP contribution in [0.4, 0.5) is 0 Å². The van der Waals surface area contributed by atoms with E-state index in [9.17, 15) is 9.59 Å². The number of methoxy groups -OCH3 is 1. The molecule has 1 heterocycles. The highest BCUT2D eigenvalue weighted by Gasteiger charge is 2.23. The molecule has 0 spiro atoms. The normalized spacial score (nSPS) is 11.5. The number of amides is 1. The van der Waals surface area contributed by atoms with E-state index in [4.69, 9.17) is 4.74 Å². The van der Waals surface area contributed by atoms with Crippen molar-refractivity contribution in [3.63, 3.8) is 0 Å². The molecule has 1 atom stereocenters. The first-order valence-corrected chi connectivity index (χ1v) is 7.72. The molecule has 0 fully saturated rings. The van der Waals surface area contributed by atoms with Crippen LogP contribution in [0.25, 0.3) is 0 Å². The van der Waals surface area contributed by atoms with E-state index in [1.54, 1.807) is 18.3 Å². The second-order valence-electron chi connectivity index (χ2n) is 4.59. The van der Waals surface area contributed by atoms with Crippen molar-refractivity contribution in [3.05, 3.63) is 63.5 Å². The molecule has 114 valence electrons. The molecule has 0 unspecified atom stereocenters. The van der Waals surface area contributed by atoms with Crippen LogP contribution in [0.2, 0.25) is 0 Å². The van der Waals surface area contributed by atoms with Gasteiger partial charge in [-0.3, -0.25) is 9.78 Å². The van der Waals surface area contributed by atoms with Gasteiger partial charge in [0.15, 0.2) is 0 Å². The summed E-state index contributed by atoms with van der Waals surface area (Å²) in [4.78, 5) is 28.0. The van der Waals surface area contributed by atoms with Crippen LogP contribution >= 0.6 is 22.6 Å². The predicted molar refractivity (Wildman–Crippen MR) is 90.4 cm³/mol. The first-order chi connectivity index (χ1) is 10.6. The first-order valence-electron chi connectivity index (χ1n) is 6.64. The zero-order valence-corrected chi connectivity index (χ0v) is 14.1. The molecule has 1 aromatic heterocycles. The van der Waals surface area contributed by atoms with Gasteiger partial charge >= 0.3 is 5.97 Å². The second-order valence-corrected chi connectivity index (χ2v) is 5.75. The number of halogens is 1. The zero-order valence-electron chi connectivity index (χ0n) is 12.0. The van der Waals surface area contributed by atoms with E-state index in [-0.39, 0.29) is 5.91 Å². The third-order valence-electron chi connectivity index (χ3n) is 3.10. The number of ether oxygens (including phenoxy) is 1. The van der Waals surface area contributed by atoms with Crippen molar-refractivity contribution in [2.45, 2.75) is 12.5 Å². The summed E-state index contributed by atoms with van der Waals surface area (Å²) in [6.45, 7) is 0. The largest absolute Gasteiger partial charge is 0.467 e. The molecule has 0 aliphatic carbocycles. The summed E-state index contributed by atoms with van der Waals surface area (Å²) < 4.78 is 5.82. The number of hydrogen-bond donors (Lipinski definition) is 1. The Morgan fingerprint density at radius 2 is 2.05 bits per heavy atom. The molecule has 1 amide bonds. The lowest BCUT2D eigenvalue weighted by atomic mass is 10.1. The molecule has 0 aliphatic heterocycles. The lowest BCUT2D eigenvalue weighted by Crippen LogP contribution is -2.43. The predicted octanol–water partition coefficient (Wildman–Crippen LogP) is 2.20. The molecule has 1 N–H and O–H groups in total. The van der Waals surface area contributed by atoms with Crippen LogP contribution in [-0.2, 0) is 16.0 Å². The number of pyridine rings is 1. The van der Waals surface area contributed by atoms with Gasteiger partial charge in [0.25, 0.3) is 5.91 Å². The van der Waals surface area contributed by atoms with E-state index in [1.807, 2.05) is 24.3 Å². The molecule has 6 heteroatoms. The summed E-state index contributed by atoms with van der Waals surface area (Å²) in [6, 6.07) is 10.3. The molecule has 0 aliphatic rings. The summed E-state index contributed by atoms with van der Waals surface area (Å²) >= 11 is 2.20. The Morgan fingerprint density at radius 3 is 2.68 bits per heavy atom. The topological polar surface area (TPSA) is 68.3 Å². The van der Waals surface area contributed by atoms with Gasteiger partial charge in [0.1, 0.15) is 6.04 Å². The molecular weight excluding hydrogens is 395 g/mol. The minimum Gasteiger partial charge on any atom is -0.467 e. The smallest absolute Gasteiger partial charge is 0.328 e. The number of nitrogens with zero attached hydrogens (tertiary/aromatic N) is 1. The number of aromatic nitrogens is 1. The third-order valence-corrected chi connectivity index (χ3v) is 4.15. The van der Waals surface area contributed by atoms with E-state index in [1.165, 1.54) is 13.3 Å². The summed E-state index contributed by atoms with van der Waals surface area (Å²) in [5, 5.41) is 2.70. The number of rotatable bonds is 5. The minimum atomic E-state index is -0.742. The van der Waals surface area contributed by atoms with Crippen LogP contribution in [0.5, 0.6) is 0 Å². The average molecular weight is 410 g/mol. The quantitative estimate of drug-likeness (QED) is 0.607. The van der Waals surface area contributed by atoms with E-state index in [0.29, 0.717) is 12.0 Å². The molecule has 2 aromatic rings. The Balaban J connectivity index is 2.15. The van der Waals surface area contributed by atoms with Crippen LogP contribution in [-0.4, -0.2) is 30.0 Å². The van der Waals surface area contributed by atoms with Gasteiger partial charge in [-0.1, -0.05) is 18.2 Å². The fourth-order valence-electron chi connectivity index (χ4n) is 1.96. The second kappa shape index (κ2) is 7.88. The highest BCUT2D eigenvalue weighted by atomic mass is 127. The molecular formula is C16H15IN2O3. The fraction of sp³-hybridized carbons (Fsp3) is 0.188. The molecule has 5 nitrogen and oxygen atoms in total. The molecule has 22 heavy (non-hydrogen) atoms. The molecule has 1 aromatic carbocycles. The number of benzene rings is 1. The van der Waals surface area contributed by atoms with E-state index < -0.39 is 12.0 Å². The van der Waals surface area contributed by atoms with Crippen molar-refractivity contribution >= 4 is 34.5 Å². The van der Waals surface area contributed by atoms with Crippen LogP contribution in [0.15, 0.2) is 48.8 Å². The maximum atomic E-state index is 12.2. The highest BCUT2D eigenvalue weighted by molar-refractivity contribution is 14.1. The Labute approximate surface area is 142 Å². The van der Waals surface area contributed by atoms with Crippen molar-refractivity contribution in [1.82, 2.24) is 10.3 Å². The summed E-state index contributed by atoms with van der Waals surface area (Å²) in [5.41, 5.74) is 1.38. The van der Waals surface area contributed by atoms with Crippen molar-refractivity contribution in [2.24, 2.45) is 0 Å². The van der Waals surface area contributed by atoms with Crippen LogP contribution in [0, 0.1) is 3.57 Å². The van der Waals surface area contributed by atoms with E-state index in [0.717, 1.165) is 9.13 Å². The van der Waals surface area contributed by atoms with Gasteiger partial charge < -0.3 is 10.1 Å². The van der Waals surface area contributed by atoms with E-state index >= 15 is 0 Å². The standard InChI is InChI=1S/C16H15IN2O3/c1-22-16(21)14(9-11-5-2-3-7-13(11)17)19-15(20)12-6-4-8-18-10-12/h2-8,10,14H,9H2,1H3,(H,19,20)/t14-/m0/s1. The van der Waals surface area contributed by atoms with Crippen molar-refractivity contribution in [1.29, 1.82) is 0 Å². The monoisotopic (exact) mass is 410 g/mol. The van der Waals surface area contributed by atoms with E-state index in [2.05, 4.69) is 32.9 Å². The number of nitrogens with one attached hydrogen (secondary N) is 1. The lowest BCUT2D eigenvalue weighted by molar-refractivity contribution is -0.142. The van der Waals surface area contributed by atoms with Crippen molar-refractivity contribution in [3.8, 4) is 0 Å². The molecule has 0 radical (unpaired) electrons. The summed E-state index contributed by atoms with van der Waals surface area (Å²) in [5.74, 6) is -0.827. The van der Waals surface area contributed by atoms with Gasteiger partial charge in [0.2, 0.25) is 0 Å². The first kappa shape index (κ1) is 16.4. The molecule has 0 bridgehead atoms. The summed E-state index contributed by atoms with van der Waals surface area (Å²) in [7, 11) is 1.31. The van der Waals surface area contributed by atoms with Crippen molar-refractivity contribution in [2.75, 3.05) is 7.11 Å². The van der Waals surface area contributed by atoms with Crippen LogP contribution in [0.1, 0.15) is 15.9 Å². The fourth-order valence-corrected chi connectivity index (χ4v) is 2.57. The number of esters is 1. The van der Waals surface area contributed by atoms with Gasteiger partial charge in [-0.2, -0.15) is 0 Å². The van der Waals surface area contributed by atoms with Gasteiger partial charge in [-0.15, -0.1) is 0 Å². The highest BCUT2D eigenvalue weighted by Crippen LogP contribution is 2.14. The van der Waals surface area contributed by atoms with Gasteiger partial charge in [-0.05, 0) is 46.4 Å². The maximum Gasteiger partial charge on any atom is 0.328 e. The molecule has 0 saturated carbocycles. The van der Waals surface area contributed by atoms with Crippen LogP contribution < -0.4 is 5.32 Å². The Morgan fingerprint density at radius 1 is 1.27 bits per heavy atom. The Bertz CT molecular complexity index is 661. The van der Waals surface area contributed by atoms with Gasteiger partial charge in [0.05, 0.1) is 12.7 Å². The Hall–Kier alpha value is -1.96. The third kappa shape index (κ3) is 4.27. The molecule has 2 rings (SSSR count). The SMILES string of the molecule is COC(=O)[C@H](Cc1ccccc1I)NC(=O)c1cccnc1.